The van der Waals surface area contributed by atoms with E-state index in [0.717, 1.165) is 27.3 Å². The first-order valence-corrected chi connectivity index (χ1v) is 9.57. The van der Waals surface area contributed by atoms with Crippen LogP contribution < -0.4 is 10.1 Å². The average molecular weight is 449 g/mol. The SMILES string of the molecule is O=C(COc1cc(C(F)(F)F)nn1-c1ccccc1Cl)NCc1cc2ccccc2[nH]1. The van der Waals surface area contributed by atoms with Gasteiger partial charge in [0, 0.05) is 17.3 Å². The summed E-state index contributed by atoms with van der Waals surface area (Å²) in [4.78, 5) is 15.4. The number of hydrogen-bond donors (Lipinski definition) is 2. The van der Waals surface area contributed by atoms with Crippen LogP contribution in [0.1, 0.15) is 11.4 Å². The predicted octanol–water partition coefficient (Wildman–Crippen LogP) is 4.72. The van der Waals surface area contributed by atoms with Gasteiger partial charge < -0.3 is 15.0 Å². The maximum atomic E-state index is 13.1. The zero-order chi connectivity index (χ0) is 22.0. The number of amides is 1. The second kappa shape index (κ2) is 8.35. The Hall–Kier alpha value is -3.46. The van der Waals surface area contributed by atoms with Crippen molar-refractivity contribution in [3.05, 3.63) is 77.1 Å². The molecule has 1 amide bonds. The number of benzene rings is 2. The van der Waals surface area contributed by atoms with E-state index < -0.39 is 24.4 Å². The lowest BCUT2D eigenvalue weighted by molar-refractivity contribution is -0.141. The number of ether oxygens (including phenoxy) is 1. The molecule has 0 aliphatic carbocycles. The molecule has 0 aliphatic rings. The number of aromatic nitrogens is 3. The molecule has 0 saturated carbocycles. The van der Waals surface area contributed by atoms with E-state index in [2.05, 4.69) is 15.4 Å². The molecule has 2 aromatic heterocycles. The van der Waals surface area contributed by atoms with Crippen LogP contribution in [-0.4, -0.2) is 27.3 Å². The minimum atomic E-state index is -4.68. The second-order valence-electron chi connectivity index (χ2n) is 6.68. The summed E-state index contributed by atoms with van der Waals surface area (Å²) in [5.74, 6) is -0.750. The number of aromatic amines is 1. The Kier molecular flexibility index (Phi) is 5.60. The van der Waals surface area contributed by atoms with Gasteiger partial charge in [0.1, 0.15) is 0 Å². The zero-order valence-corrected chi connectivity index (χ0v) is 16.7. The Bertz CT molecular complexity index is 1200. The molecule has 0 unspecified atom stereocenters. The molecule has 0 atom stereocenters. The molecular formula is C21H16ClF3N4O2. The van der Waals surface area contributed by atoms with Gasteiger partial charge in [-0.15, -0.1) is 0 Å². The van der Waals surface area contributed by atoms with Crippen molar-refractivity contribution in [2.45, 2.75) is 12.7 Å². The number of rotatable bonds is 6. The van der Waals surface area contributed by atoms with Crippen LogP contribution in [-0.2, 0) is 17.5 Å². The molecule has 2 aromatic carbocycles. The maximum Gasteiger partial charge on any atom is 0.435 e. The summed E-state index contributed by atoms with van der Waals surface area (Å²) in [6.45, 7) is -0.276. The average Bonchev–Trinajstić information content (AvgIpc) is 3.35. The number of para-hydroxylation sites is 2. The molecule has 0 saturated heterocycles. The van der Waals surface area contributed by atoms with Crippen molar-refractivity contribution in [3.63, 3.8) is 0 Å². The Morgan fingerprint density at radius 3 is 2.61 bits per heavy atom. The molecule has 2 N–H and O–H groups in total. The number of fused-ring (bicyclic) bond motifs is 1. The molecule has 31 heavy (non-hydrogen) atoms. The van der Waals surface area contributed by atoms with Gasteiger partial charge in [-0.1, -0.05) is 41.9 Å². The monoisotopic (exact) mass is 448 g/mol. The topological polar surface area (TPSA) is 71.9 Å². The van der Waals surface area contributed by atoms with Crippen molar-refractivity contribution in [1.82, 2.24) is 20.1 Å². The summed E-state index contributed by atoms with van der Waals surface area (Å²) < 4.78 is 45.7. The third-order valence-corrected chi connectivity index (χ3v) is 4.78. The fourth-order valence-electron chi connectivity index (χ4n) is 3.01. The number of carbonyl (C=O) groups excluding carboxylic acids is 1. The van der Waals surface area contributed by atoms with Gasteiger partial charge in [-0.3, -0.25) is 4.79 Å². The molecule has 0 spiro atoms. The van der Waals surface area contributed by atoms with E-state index in [4.69, 9.17) is 16.3 Å². The Morgan fingerprint density at radius 1 is 1.13 bits per heavy atom. The lowest BCUT2D eigenvalue weighted by Crippen LogP contribution is -2.28. The fourth-order valence-corrected chi connectivity index (χ4v) is 3.23. The number of carbonyl (C=O) groups is 1. The molecule has 4 rings (SSSR count). The Labute approximate surface area is 179 Å². The molecule has 0 radical (unpaired) electrons. The molecule has 4 aromatic rings. The normalized spacial score (nSPS) is 11.6. The van der Waals surface area contributed by atoms with E-state index in [9.17, 15) is 18.0 Å². The van der Waals surface area contributed by atoms with Gasteiger partial charge >= 0.3 is 6.18 Å². The number of hydrogen-bond acceptors (Lipinski definition) is 3. The third-order valence-electron chi connectivity index (χ3n) is 4.46. The first kappa shape index (κ1) is 20.8. The second-order valence-corrected chi connectivity index (χ2v) is 7.08. The largest absolute Gasteiger partial charge is 0.467 e. The summed E-state index contributed by atoms with van der Waals surface area (Å²) in [6, 6.07) is 16.5. The molecule has 6 nitrogen and oxygen atoms in total. The smallest absolute Gasteiger partial charge is 0.435 e. The molecule has 2 heterocycles. The summed E-state index contributed by atoms with van der Waals surface area (Å²) in [5, 5.41) is 7.41. The van der Waals surface area contributed by atoms with Crippen LogP contribution in [0.5, 0.6) is 5.88 Å². The lowest BCUT2D eigenvalue weighted by Gasteiger charge is -2.10. The number of H-pyrrole nitrogens is 1. The van der Waals surface area contributed by atoms with Crippen LogP contribution in [0.3, 0.4) is 0 Å². The van der Waals surface area contributed by atoms with E-state index in [1.165, 1.54) is 12.1 Å². The van der Waals surface area contributed by atoms with Crippen molar-refractivity contribution in [2.24, 2.45) is 0 Å². The summed E-state index contributed by atoms with van der Waals surface area (Å²) in [5.41, 5.74) is 0.774. The van der Waals surface area contributed by atoms with Gasteiger partial charge in [0.25, 0.3) is 5.91 Å². The first-order valence-electron chi connectivity index (χ1n) is 9.19. The molecule has 0 fully saturated rings. The van der Waals surface area contributed by atoms with Crippen molar-refractivity contribution in [2.75, 3.05) is 6.61 Å². The van der Waals surface area contributed by atoms with Gasteiger partial charge in [-0.2, -0.15) is 23.0 Å². The van der Waals surface area contributed by atoms with Crippen LogP contribution in [0.2, 0.25) is 5.02 Å². The van der Waals surface area contributed by atoms with Gasteiger partial charge in [0.05, 0.1) is 17.3 Å². The van der Waals surface area contributed by atoms with Crippen LogP contribution in [0.25, 0.3) is 16.6 Å². The molecule has 10 heteroatoms. The van der Waals surface area contributed by atoms with Crippen molar-refractivity contribution < 1.29 is 22.7 Å². The van der Waals surface area contributed by atoms with E-state index >= 15 is 0 Å². The van der Waals surface area contributed by atoms with E-state index in [-0.39, 0.29) is 23.1 Å². The van der Waals surface area contributed by atoms with E-state index in [1.54, 1.807) is 12.1 Å². The highest BCUT2D eigenvalue weighted by molar-refractivity contribution is 6.32. The Balaban J connectivity index is 1.46. The first-order chi connectivity index (χ1) is 14.8. The lowest BCUT2D eigenvalue weighted by atomic mass is 10.2. The minimum absolute atomic E-state index is 0.187. The fraction of sp³-hybridized carbons (Fsp3) is 0.143. The van der Waals surface area contributed by atoms with Crippen molar-refractivity contribution in [3.8, 4) is 11.6 Å². The number of halogens is 4. The zero-order valence-electron chi connectivity index (χ0n) is 15.9. The molecule has 0 bridgehead atoms. The number of nitrogens with one attached hydrogen (secondary N) is 2. The molecular weight excluding hydrogens is 433 g/mol. The number of alkyl halides is 3. The highest BCUT2D eigenvalue weighted by Crippen LogP contribution is 2.33. The highest BCUT2D eigenvalue weighted by atomic mass is 35.5. The van der Waals surface area contributed by atoms with Gasteiger partial charge in [-0.25, -0.2) is 0 Å². The van der Waals surface area contributed by atoms with Gasteiger partial charge in [-0.05, 0) is 29.7 Å². The van der Waals surface area contributed by atoms with Gasteiger partial charge in [0.15, 0.2) is 12.3 Å². The van der Waals surface area contributed by atoms with Gasteiger partial charge in [0.2, 0.25) is 5.88 Å². The summed E-state index contributed by atoms with van der Waals surface area (Å²) in [6.07, 6.45) is -4.68. The summed E-state index contributed by atoms with van der Waals surface area (Å²) >= 11 is 6.09. The van der Waals surface area contributed by atoms with Crippen LogP contribution in [0, 0.1) is 0 Å². The number of nitrogens with zero attached hydrogens (tertiary/aromatic N) is 2. The van der Waals surface area contributed by atoms with E-state index in [1.807, 2.05) is 30.3 Å². The standard InChI is InChI=1S/C21H16ClF3N4O2/c22-15-6-2-4-8-17(15)29-20(10-18(28-29)21(23,24)25)31-12-19(30)26-11-14-9-13-5-1-3-7-16(13)27-14/h1-10,27H,11-12H2,(H,26,30). The predicted molar refractivity (Wildman–Crippen MR) is 109 cm³/mol. The van der Waals surface area contributed by atoms with Crippen molar-refractivity contribution in [1.29, 1.82) is 0 Å². The third kappa shape index (κ3) is 4.66. The quantitative estimate of drug-likeness (QED) is 0.448. The maximum absolute atomic E-state index is 13.1. The highest BCUT2D eigenvalue weighted by Gasteiger charge is 2.36. The van der Waals surface area contributed by atoms with E-state index in [0.29, 0.717) is 0 Å². The molecule has 160 valence electrons. The summed E-state index contributed by atoms with van der Waals surface area (Å²) in [7, 11) is 0. The van der Waals surface area contributed by atoms with Crippen LogP contribution in [0.4, 0.5) is 13.2 Å². The molecule has 0 aliphatic heterocycles. The van der Waals surface area contributed by atoms with Crippen LogP contribution in [0.15, 0.2) is 60.7 Å². The minimum Gasteiger partial charge on any atom is -0.467 e. The van der Waals surface area contributed by atoms with Crippen molar-refractivity contribution >= 4 is 28.4 Å². The Morgan fingerprint density at radius 2 is 1.87 bits per heavy atom. The van der Waals surface area contributed by atoms with Crippen LogP contribution >= 0.6 is 11.6 Å².